The van der Waals surface area contributed by atoms with Crippen LogP contribution in [-0.2, 0) is 6.54 Å². The molecular formula is C19H18ClN3O2. The van der Waals surface area contributed by atoms with Crippen molar-refractivity contribution in [2.24, 2.45) is 0 Å². The van der Waals surface area contributed by atoms with Crippen molar-refractivity contribution in [3.8, 4) is 17.0 Å². The molecule has 1 amide bonds. The van der Waals surface area contributed by atoms with E-state index < -0.39 is 0 Å². The number of nitrogens with one attached hydrogen (secondary N) is 1. The standard InChI is InChI=1S/C19H18ClN3O2/c1-23(12-13-3-9-16(25-2)10-4-13)19(24)17-11-21-22-18(17)14-5-7-15(20)8-6-14/h3-11H,12H2,1-2H3,(H,21,22). The molecule has 128 valence electrons. The van der Waals surface area contributed by atoms with Gasteiger partial charge in [0, 0.05) is 24.2 Å². The van der Waals surface area contributed by atoms with E-state index in [-0.39, 0.29) is 5.91 Å². The van der Waals surface area contributed by atoms with Crippen molar-refractivity contribution in [3.05, 3.63) is 70.9 Å². The predicted octanol–water partition coefficient (Wildman–Crippen LogP) is 4.01. The first-order valence-corrected chi connectivity index (χ1v) is 8.14. The summed E-state index contributed by atoms with van der Waals surface area (Å²) in [7, 11) is 3.40. The van der Waals surface area contributed by atoms with Gasteiger partial charge < -0.3 is 9.64 Å². The maximum atomic E-state index is 12.8. The van der Waals surface area contributed by atoms with E-state index in [1.54, 1.807) is 37.4 Å². The second kappa shape index (κ2) is 7.40. The SMILES string of the molecule is COc1ccc(CN(C)C(=O)c2cn[nH]c2-c2ccc(Cl)cc2)cc1. The molecule has 1 aromatic heterocycles. The average Bonchev–Trinajstić information content (AvgIpc) is 3.12. The molecule has 6 heteroatoms. The molecule has 25 heavy (non-hydrogen) atoms. The molecule has 1 N–H and O–H groups in total. The zero-order valence-corrected chi connectivity index (χ0v) is 14.7. The van der Waals surface area contributed by atoms with Gasteiger partial charge in [0.1, 0.15) is 5.75 Å². The van der Waals surface area contributed by atoms with E-state index in [0.29, 0.717) is 22.8 Å². The highest BCUT2D eigenvalue weighted by molar-refractivity contribution is 6.30. The van der Waals surface area contributed by atoms with Gasteiger partial charge in [-0.25, -0.2) is 0 Å². The Bertz CT molecular complexity index is 857. The lowest BCUT2D eigenvalue weighted by molar-refractivity contribution is 0.0786. The average molecular weight is 356 g/mol. The molecule has 0 bridgehead atoms. The normalized spacial score (nSPS) is 10.5. The van der Waals surface area contributed by atoms with Crippen molar-refractivity contribution >= 4 is 17.5 Å². The summed E-state index contributed by atoms with van der Waals surface area (Å²) in [4.78, 5) is 14.5. The Morgan fingerprint density at radius 1 is 1.16 bits per heavy atom. The predicted molar refractivity (Wildman–Crippen MR) is 97.8 cm³/mol. The maximum Gasteiger partial charge on any atom is 0.257 e. The second-order valence-corrected chi connectivity index (χ2v) is 6.11. The van der Waals surface area contributed by atoms with Crippen LogP contribution in [0.15, 0.2) is 54.7 Å². The van der Waals surface area contributed by atoms with E-state index in [1.807, 2.05) is 36.4 Å². The van der Waals surface area contributed by atoms with Crippen molar-refractivity contribution < 1.29 is 9.53 Å². The van der Waals surface area contributed by atoms with E-state index in [4.69, 9.17) is 16.3 Å². The van der Waals surface area contributed by atoms with Crippen LogP contribution < -0.4 is 4.74 Å². The molecule has 0 unspecified atom stereocenters. The van der Waals surface area contributed by atoms with Crippen LogP contribution >= 0.6 is 11.6 Å². The number of ether oxygens (including phenoxy) is 1. The van der Waals surface area contributed by atoms with Gasteiger partial charge in [0.2, 0.25) is 0 Å². The minimum atomic E-state index is -0.102. The Morgan fingerprint density at radius 3 is 2.48 bits per heavy atom. The van der Waals surface area contributed by atoms with Crippen molar-refractivity contribution in [1.29, 1.82) is 0 Å². The topological polar surface area (TPSA) is 58.2 Å². The number of H-pyrrole nitrogens is 1. The lowest BCUT2D eigenvalue weighted by Crippen LogP contribution is -2.26. The fourth-order valence-corrected chi connectivity index (χ4v) is 2.69. The highest BCUT2D eigenvalue weighted by Crippen LogP contribution is 2.24. The molecule has 3 aromatic rings. The number of halogens is 1. The van der Waals surface area contributed by atoms with Gasteiger partial charge in [-0.05, 0) is 29.8 Å². The third kappa shape index (κ3) is 3.83. The number of hydrogen-bond donors (Lipinski definition) is 1. The zero-order valence-electron chi connectivity index (χ0n) is 14.0. The van der Waals surface area contributed by atoms with Gasteiger partial charge in [-0.1, -0.05) is 35.9 Å². The third-order valence-corrected chi connectivity index (χ3v) is 4.18. The van der Waals surface area contributed by atoms with E-state index in [2.05, 4.69) is 10.2 Å². The highest BCUT2D eigenvalue weighted by atomic mass is 35.5. The van der Waals surface area contributed by atoms with E-state index in [1.165, 1.54) is 0 Å². The summed E-state index contributed by atoms with van der Waals surface area (Å²) < 4.78 is 5.15. The summed E-state index contributed by atoms with van der Waals surface area (Å²) in [5.41, 5.74) is 3.10. The molecule has 0 aliphatic carbocycles. The summed E-state index contributed by atoms with van der Waals surface area (Å²) in [6.45, 7) is 0.494. The Morgan fingerprint density at radius 2 is 1.84 bits per heavy atom. The van der Waals surface area contributed by atoms with E-state index in [0.717, 1.165) is 16.9 Å². The maximum absolute atomic E-state index is 12.8. The molecule has 0 aliphatic rings. The number of nitrogens with zero attached hydrogens (tertiary/aromatic N) is 2. The van der Waals surface area contributed by atoms with Crippen molar-refractivity contribution in [1.82, 2.24) is 15.1 Å². The molecular weight excluding hydrogens is 338 g/mol. The Kier molecular flexibility index (Phi) is 5.05. The monoisotopic (exact) mass is 355 g/mol. The smallest absolute Gasteiger partial charge is 0.257 e. The quantitative estimate of drug-likeness (QED) is 0.752. The Labute approximate surface area is 151 Å². The number of aromatic amines is 1. The number of carbonyl (C=O) groups is 1. The Balaban J connectivity index is 1.78. The van der Waals surface area contributed by atoms with Crippen LogP contribution in [0.4, 0.5) is 0 Å². The van der Waals surface area contributed by atoms with Gasteiger partial charge in [-0.15, -0.1) is 0 Å². The summed E-state index contributed by atoms with van der Waals surface area (Å²) in [5.74, 6) is 0.687. The molecule has 2 aromatic carbocycles. The number of benzene rings is 2. The molecule has 0 spiro atoms. The molecule has 0 fully saturated rings. The summed E-state index contributed by atoms with van der Waals surface area (Å²) in [5, 5.41) is 7.58. The first kappa shape index (κ1) is 17.0. The van der Waals surface area contributed by atoms with Crippen LogP contribution in [0.25, 0.3) is 11.3 Å². The van der Waals surface area contributed by atoms with Crippen molar-refractivity contribution in [2.75, 3.05) is 14.2 Å². The highest BCUT2D eigenvalue weighted by Gasteiger charge is 2.19. The van der Waals surface area contributed by atoms with E-state index >= 15 is 0 Å². The number of carbonyl (C=O) groups excluding carboxylic acids is 1. The molecule has 3 rings (SSSR count). The molecule has 1 heterocycles. The molecule has 0 radical (unpaired) electrons. The van der Waals surface area contributed by atoms with Crippen LogP contribution in [0, 0.1) is 0 Å². The lowest BCUT2D eigenvalue weighted by Gasteiger charge is -2.17. The number of hydrogen-bond acceptors (Lipinski definition) is 3. The van der Waals surface area contributed by atoms with Gasteiger partial charge in [0.25, 0.3) is 5.91 Å². The first-order chi connectivity index (χ1) is 12.1. The van der Waals surface area contributed by atoms with Crippen molar-refractivity contribution in [3.63, 3.8) is 0 Å². The van der Waals surface area contributed by atoms with Crippen LogP contribution in [0.5, 0.6) is 5.75 Å². The number of rotatable bonds is 5. The number of methoxy groups -OCH3 is 1. The third-order valence-electron chi connectivity index (χ3n) is 3.93. The molecule has 0 atom stereocenters. The van der Waals surface area contributed by atoms with Crippen LogP contribution in [-0.4, -0.2) is 35.2 Å². The fraction of sp³-hybridized carbons (Fsp3) is 0.158. The lowest BCUT2D eigenvalue weighted by atomic mass is 10.1. The molecule has 0 aliphatic heterocycles. The summed E-state index contributed by atoms with van der Waals surface area (Å²) in [6.07, 6.45) is 1.55. The minimum absolute atomic E-state index is 0.102. The van der Waals surface area contributed by atoms with Gasteiger partial charge in [-0.2, -0.15) is 5.10 Å². The summed E-state index contributed by atoms with van der Waals surface area (Å²) >= 11 is 5.93. The first-order valence-electron chi connectivity index (χ1n) is 7.76. The van der Waals surface area contributed by atoms with Gasteiger partial charge >= 0.3 is 0 Å². The molecule has 0 saturated heterocycles. The number of amides is 1. The largest absolute Gasteiger partial charge is 0.497 e. The van der Waals surface area contributed by atoms with Gasteiger partial charge in [0.15, 0.2) is 0 Å². The Hall–Kier alpha value is -2.79. The zero-order chi connectivity index (χ0) is 17.8. The molecule has 0 saturated carbocycles. The van der Waals surface area contributed by atoms with Gasteiger partial charge in [-0.3, -0.25) is 9.89 Å². The van der Waals surface area contributed by atoms with Crippen LogP contribution in [0.2, 0.25) is 5.02 Å². The van der Waals surface area contributed by atoms with Gasteiger partial charge in [0.05, 0.1) is 24.6 Å². The second-order valence-electron chi connectivity index (χ2n) is 5.67. The fourth-order valence-electron chi connectivity index (χ4n) is 2.57. The van der Waals surface area contributed by atoms with Crippen LogP contribution in [0.3, 0.4) is 0 Å². The van der Waals surface area contributed by atoms with E-state index in [9.17, 15) is 4.79 Å². The molecule has 5 nitrogen and oxygen atoms in total. The minimum Gasteiger partial charge on any atom is -0.497 e. The number of aromatic nitrogens is 2. The van der Waals surface area contributed by atoms with Crippen molar-refractivity contribution in [2.45, 2.75) is 6.54 Å². The van der Waals surface area contributed by atoms with Crippen LogP contribution in [0.1, 0.15) is 15.9 Å². The summed E-state index contributed by atoms with van der Waals surface area (Å²) in [6, 6.07) is 14.9.